The SMILES string of the molecule is CC(=O)Nc1ccc(NC(=O)[C@@H]2CC(=O)Nc3nc(CC(C)C)nn32)cc1. The topological polar surface area (TPSA) is 118 Å². The number of benzene rings is 1. The molecule has 0 radical (unpaired) electrons. The molecule has 0 aliphatic carbocycles. The summed E-state index contributed by atoms with van der Waals surface area (Å²) in [7, 11) is 0. The van der Waals surface area contributed by atoms with Crippen LogP contribution in [0.5, 0.6) is 0 Å². The zero-order valence-electron chi connectivity index (χ0n) is 15.4. The van der Waals surface area contributed by atoms with Crippen LogP contribution in [0.2, 0.25) is 0 Å². The number of aromatic nitrogens is 3. The Hall–Kier alpha value is -3.23. The molecule has 3 N–H and O–H groups in total. The van der Waals surface area contributed by atoms with Crippen molar-refractivity contribution < 1.29 is 14.4 Å². The first-order valence-corrected chi connectivity index (χ1v) is 8.75. The molecule has 1 atom stereocenters. The zero-order valence-corrected chi connectivity index (χ0v) is 15.4. The van der Waals surface area contributed by atoms with Crippen molar-refractivity contribution in [3.63, 3.8) is 0 Å². The molecule has 0 saturated heterocycles. The molecule has 3 amide bonds. The minimum Gasteiger partial charge on any atom is -0.326 e. The molecule has 142 valence electrons. The van der Waals surface area contributed by atoms with Gasteiger partial charge in [-0.05, 0) is 30.2 Å². The van der Waals surface area contributed by atoms with E-state index in [1.165, 1.54) is 11.6 Å². The number of amides is 3. The number of fused-ring (bicyclic) bond motifs is 1. The Morgan fingerprint density at radius 1 is 1.22 bits per heavy atom. The molecular weight excluding hydrogens is 348 g/mol. The third-order valence-corrected chi connectivity index (χ3v) is 3.97. The van der Waals surface area contributed by atoms with Crippen LogP contribution in [-0.2, 0) is 20.8 Å². The van der Waals surface area contributed by atoms with Crippen LogP contribution in [0.4, 0.5) is 17.3 Å². The molecule has 0 fully saturated rings. The van der Waals surface area contributed by atoms with Crippen LogP contribution in [0, 0.1) is 5.92 Å². The number of carbonyl (C=O) groups excluding carboxylic acids is 3. The summed E-state index contributed by atoms with van der Waals surface area (Å²) in [5.41, 5.74) is 1.19. The van der Waals surface area contributed by atoms with E-state index in [-0.39, 0.29) is 24.1 Å². The van der Waals surface area contributed by atoms with Crippen molar-refractivity contribution in [1.82, 2.24) is 14.8 Å². The lowest BCUT2D eigenvalue weighted by Crippen LogP contribution is -2.36. The first kappa shape index (κ1) is 18.6. The molecule has 1 aromatic heterocycles. The fourth-order valence-corrected chi connectivity index (χ4v) is 2.83. The van der Waals surface area contributed by atoms with Gasteiger partial charge < -0.3 is 10.6 Å². The fraction of sp³-hybridized carbons (Fsp3) is 0.389. The minimum atomic E-state index is -0.766. The lowest BCUT2D eigenvalue weighted by Gasteiger charge is -2.22. The van der Waals surface area contributed by atoms with Crippen molar-refractivity contribution in [1.29, 1.82) is 0 Å². The van der Waals surface area contributed by atoms with Gasteiger partial charge in [0.2, 0.25) is 23.7 Å². The van der Waals surface area contributed by atoms with Gasteiger partial charge in [-0.15, -0.1) is 0 Å². The monoisotopic (exact) mass is 370 g/mol. The molecule has 9 heteroatoms. The number of carbonyl (C=O) groups is 3. The van der Waals surface area contributed by atoms with Crippen molar-refractivity contribution in [2.24, 2.45) is 5.92 Å². The second-order valence-corrected chi connectivity index (χ2v) is 6.91. The predicted molar refractivity (Wildman–Crippen MR) is 100 cm³/mol. The summed E-state index contributed by atoms with van der Waals surface area (Å²) in [5.74, 6) is 0.463. The Kier molecular flexibility index (Phi) is 5.20. The van der Waals surface area contributed by atoms with Gasteiger partial charge in [-0.1, -0.05) is 13.8 Å². The van der Waals surface area contributed by atoms with Gasteiger partial charge in [-0.3, -0.25) is 19.7 Å². The highest BCUT2D eigenvalue weighted by Gasteiger charge is 2.33. The van der Waals surface area contributed by atoms with Crippen molar-refractivity contribution in [3.8, 4) is 0 Å². The first-order valence-electron chi connectivity index (χ1n) is 8.75. The van der Waals surface area contributed by atoms with E-state index in [4.69, 9.17) is 0 Å². The largest absolute Gasteiger partial charge is 0.326 e. The average molecular weight is 370 g/mol. The number of hydrogen-bond donors (Lipinski definition) is 3. The molecule has 2 heterocycles. The maximum Gasteiger partial charge on any atom is 0.249 e. The Morgan fingerprint density at radius 2 is 1.85 bits per heavy atom. The Balaban J connectivity index is 1.76. The van der Waals surface area contributed by atoms with E-state index in [1.54, 1.807) is 24.3 Å². The third-order valence-electron chi connectivity index (χ3n) is 3.97. The molecule has 0 saturated carbocycles. The van der Waals surface area contributed by atoms with Crippen LogP contribution in [-0.4, -0.2) is 32.5 Å². The zero-order chi connectivity index (χ0) is 19.6. The molecular formula is C18H22N6O3. The van der Waals surface area contributed by atoms with Gasteiger partial charge in [0.05, 0.1) is 6.42 Å². The van der Waals surface area contributed by atoms with Gasteiger partial charge in [-0.2, -0.15) is 10.1 Å². The molecule has 0 bridgehead atoms. The van der Waals surface area contributed by atoms with Gasteiger partial charge in [-0.25, -0.2) is 4.68 Å². The molecule has 9 nitrogen and oxygen atoms in total. The number of anilines is 3. The summed E-state index contributed by atoms with van der Waals surface area (Å²) in [6.07, 6.45) is 0.655. The Morgan fingerprint density at radius 3 is 2.44 bits per heavy atom. The smallest absolute Gasteiger partial charge is 0.249 e. The number of hydrogen-bond acceptors (Lipinski definition) is 5. The van der Waals surface area contributed by atoms with Gasteiger partial charge >= 0.3 is 0 Å². The van der Waals surface area contributed by atoms with Crippen molar-refractivity contribution in [2.45, 2.75) is 39.7 Å². The summed E-state index contributed by atoms with van der Waals surface area (Å²) in [6, 6.07) is 5.97. The van der Waals surface area contributed by atoms with Crippen LogP contribution in [0.3, 0.4) is 0 Å². The standard InChI is InChI=1S/C18H22N6O3/c1-10(2)8-15-21-18-22-16(26)9-14(24(18)23-15)17(27)20-13-6-4-12(5-7-13)19-11(3)25/h4-7,10,14H,8-9H2,1-3H3,(H,19,25)(H,20,27)(H,21,22,23,26)/t14-/m0/s1. The molecule has 3 rings (SSSR count). The molecule has 0 unspecified atom stereocenters. The molecule has 1 aliphatic rings. The minimum absolute atomic E-state index is 0.00666. The van der Waals surface area contributed by atoms with Gasteiger partial charge in [0, 0.05) is 24.7 Å². The molecule has 0 spiro atoms. The highest BCUT2D eigenvalue weighted by molar-refractivity contribution is 6.00. The highest BCUT2D eigenvalue weighted by Crippen LogP contribution is 2.25. The Labute approximate surface area is 156 Å². The van der Waals surface area contributed by atoms with E-state index in [2.05, 4.69) is 26.0 Å². The summed E-state index contributed by atoms with van der Waals surface area (Å²) in [6.45, 7) is 5.52. The quantitative estimate of drug-likeness (QED) is 0.743. The van der Waals surface area contributed by atoms with Crippen molar-refractivity contribution in [2.75, 3.05) is 16.0 Å². The van der Waals surface area contributed by atoms with Gasteiger partial charge in [0.15, 0.2) is 5.82 Å². The average Bonchev–Trinajstić information content (AvgIpc) is 2.96. The predicted octanol–water partition coefficient (Wildman–Crippen LogP) is 1.96. The van der Waals surface area contributed by atoms with E-state index < -0.39 is 6.04 Å². The summed E-state index contributed by atoms with van der Waals surface area (Å²) in [4.78, 5) is 40.1. The summed E-state index contributed by atoms with van der Waals surface area (Å²) < 4.78 is 1.47. The second kappa shape index (κ2) is 7.56. The van der Waals surface area contributed by atoms with Crippen molar-refractivity contribution in [3.05, 3.63) is 30.1 Å². The third kappa shape index (κ3) is 4.49. The van der Waals surface area contributed by atoms with Gasteiger partial charge in [0.25, 0.3) is 0 Å². The first-order chi connectivity index (χ1) is 12.8. The van der Waals surface area contributed by atoms with Crippen LogP contribution in [0.25, 0.3) is 0 Å². The maximum atomic E-state index is 12.7. The molecule has 2 aromatic rings. The normalized spacial score (nSPS) is 15.9. The number of nitrogens with one attached hydrogen (secondary N) is 3. The summed E-state index contributed by atoms with van der Waals surface area (Å²) in [5, 5.41) is 12.5. The lowest BCUT2D eigenvalue weighted by atomic mass is 10.1. The van der Waals surface area contributed by atoms with E-state index in [9.17, 15) is 14.4 Å². The van der Waals surface area contributed by atoms with Crippen LogP contribution < -0.4 is 16.0 Å². The molecule has 27 heavy (non-hydrogen) atoms. The number of rotatable bonds is 5. The fourth-order valence-electron chi connectivity index (χ4n) is 2.83. The Bertz CT molecular complexity index is 872. The van der Waals surface area contributed by atoms with E-state index in [1.807, 2.05) is 13.8 Å². The molecule has 1 aromatic carbocycles. The van der Waals surface area contributed by atoms with Crippen LogP contribution in [0.1, 0.15) is 39.1 Å². The van der Waals surface area contributed by atoms with E-state index >= 15 is 0 Å². The number of nitrogens with zero attached hydrogens (tertiary/aromatic N) is 3. The maximum absolute atomic E-state index is 12.7. The van der Waals surface area contributed by atoms with Crippen LogP contribution >= 0.6 is 0 Å². The van der Waals surface area contributed by atoms with Gasteiger partial charge in [0.1, 0.15) is 6.04 Å². The van der Waals surface area contributed by atoms with E-state index in [0.29, 0.717) is 35.5 Å². The second-order valence-electron chi connectivity index (χ2n) is 6.91. The lowest BCUT2D eigenvalue weighted by molar-refractivity contribution is -0.125. The summed E-state index contributed by atoms with van der Waals surface area (Å²) >= 11 is 0. The van der Waals surface area contributed by atoms with Crippen LogP contribution in [0.15, 0.2) is 24.3 Å². The highest BCUT2D eigenvalue weighted by atomic mass is 16.2. The van der Waals surface area contributed by atoms with Crippen molar-refractivity contribution >= 4 is 35.0 Å². The molecule has 1 aliphatic heterocycles. The van der Waals surface area contributed by atoms with E-state index in [0.717, 1.165) is 0 Å².